The van der Waals surface area contributed by atoms with Crippen LogP contribution in [-0.2, 0) is 30.7 Å². The lowest BCUT2D eigenvalue weighted by atomic mass is 10.0. The number of hydrogen-bond donors (Lipinski definition) is 1. The highest BCUT2D eigenvalue weighted by molar-refractivity contribution is 7.88. The number of nitrogens with one attached hydrogen (secondary N) is 1. The Morgan fingerprint density at radius 3 is 2.57 bits per heavy atom. The molecular weight excluding hydrogens is 320 g/mol. The number of aromatic nitrogens is 2. The van der Waals surface area contributed by atoms with Gasteiger partial charge < -0.3 is 0 Å². The number of likely N-dealkylation sites (tertiary alicyclic amines) is 1. The van der Waals surface area contributed by atoms with Crippen molar-refractivity contribution < 1.29 is 8.42 Å². The van der Waals surface area contributed by atoms with Gasteiger partial charge in [-0.15, -0.1) is 0 Å². The zero-order valence-corrected chi connectivity index (χ0v) is 14.6. The molecule has 0 amide bonds. The molecule has 1 unspecified atom stereocenters. The van der Waals surface area contributed by atoms with E-state index in [9.17, 15) is 18.0 Å². The maximum absolute atomic E-state index is 12.0. The summed E-state index contributed by atoms with van der Waals surface area (Å²) in [7, 11) is -0.136. The van der Waals surface area contributed by atoms with Crippen LogP contribution >= 0.6 is 0 Å². The maximum atomic E-state index is 12.0. The van der Waals surface area contributed by atoms with Gasteiger partial charge in [-0.05, 0) is 19.4 Å². The Labute approximate surface area is 135 Å². The fourth-order valence-electron chi connectivity index (χ4n) is 2.88. The van der Waals surface area contributed by atoms with E-state index in [2.05, 4.69) is 9.62 Å². The van der Waals surface area contributed by atoms with Crippen LogP contribution in [0.5, 0.6) is 0 Å². The lowest BCUT2D eigenvalue weighted by Crippen LogP contribution is -2.47. The molecule has 2 rings (SSSR count). The Bertz CT molecular complexity index is 781. The van der Waals surface area contributed by atoms with Crippen LogP contribution in [0.2, 0.25) is 0 Å². The molecule has 23 heavy (non-hydrogen) atoms. The molecule has 2 heterocycles. The molecule has 0 spiro atoms. The summed E-state index contributed by atoms with van der Waals surface area (Å²) in [4.78, 5) is 26.0. The molecule has 1 atom stereocenters. The topological polar surface area (TPSA) is 93.4 Å². The lowest BCUT2D eigenvalue weighted by molar-refractivity contribution is 0.138. The molecule has 0 radical (unpaired) electrons. The van der Waals surface area contributed by atoms with Crippen molar-refractivity contribution in [3.63, 3.8) is 0 Å². The number of rotatable bonds is 5. The van der Waals surface area contributed by atoms with E-state index in [4.69, 9.17) is 0 Å². The maximum Gasteiger partial charge on any atom is 0.330 e. The molecule has 8 nitrogen and oxygen atoms in total. The summed E-state index contributed by atoms with van der Waals surface area (Å²) in [6.45, 7) is 1.62. The molecule has 0 saturated carbocycles. The smallest absolute Gasteiger partial charge is 0.299 e. The first-order valence-electron chi connectivity index (χ1n) is 7.63. The first kappa shape index (κ1) is 17.9. The zero-order valence-electron chi connectivity index (χ0n) is 13.8. The third-order valence-corrected chi connectivity index (χ3v) is 5.01. The summed E-state index contributed by atoms with van der Waals surface area (Å²) >= 11 is 0. The Kier molecular flexibility index (Phi) is 5.43. The Hall–Kier alpha value is -1.45. The number of nitrogens with zero attached hydrogens (tertiary/aromatic N) is 3. The van der Waals surface area contributed by atoms with E-state index >= 15 is 0 Å². The van der Waals surface area contributed by atoms with Crippen LogP contribution in [0.25, 0.3) is 0 Å². The van der Waals surface area contributed by atoms with Crippen LogP contribution in [0, 0.1) is 0 Å². The van der Waals surface area contributed by atoms with Crippen molar-refractivity contribution in [2.24, 2.45) is 14.1 Å². The van der Waals surface area contributed by atoms with E-state index in [0.717, 1.165) is 36.6 Å². The minimum atomic E-state index is -3.23. The van der Waals surface area contributed by atoms with E-state index in [1.54, 1.807) is 7.05 Å². The summed E-state index contributed by atoms with van der Waals surface area (Å²) in [6, 6.07) is 1.54. The molecule has 1 fully saturated rings. The Morgan fingerprint density at radius 2 is 1.91 bits per heavy atom. The second-order valence-corrected chi connectivity index (χ2v) is 7.95. The third-order valence-electron chi connectivity index (χ3n) is 4.32. The van der Waals surface area contributed by atoms with Crippen molar-refractivity contribution in [1.29, 1.82) is 0 Å². The highest BCUT2D eigenvalue weighted by atomic mass is 32.2. The van der Waals surface area contributed by atoms with Crippen LogP contribution in [0.3, 0.4) is 0 Å². The van der Waals surface area contributed by atoms with Crippen LogP contribution in [0.15, 0.2) is 15.7 Å². The van der Waals surface area contributed by atoms with Crippen molar-refractivity contribution in [2.45, 2.75) is 31.8 Å². The quantitative estimate of drug-likeness (QED) is 0.739. The van der Waals surface area contributed by atoms with Gasteiger partial charge in [0.15, 0.2) is 0 Å². The molecule has 1 saturated heterocycles. The van der Waals surface area contributed by atoms with Crippen LogP contribution in [0.1, 0.15) is 25.0 Å². The minimum absolute atomic E-state index is 0.0673. The fourth-order valence-corrected chi connectivity index (χ4v) is 3.38. The van der Waals surface area contributed by atoms with Gasteiger partial charge in [-0.3, -0.25) is 18.8 Å². The van der Waals surface area contributed by atoms with E-state index in [0.29, 0.717) is 18.8 Å². The molecule has 0 bridgehead atoms. The molecule has 0 aliphatic carbocycles. The predicted octanol–water partition coefficient (Wildman–Crippen LogP) is -1.01. The first-order chi connectivity index (χ1) is 10.7. The van der Waals surface area contributed by atoms with E-state index < -0.39 is 10.0 Å². The van der Waals surface area contributed by atoms with Crippen LogP contribution < -0.4 is 16.0 Å². The minimum Gasteiger partial charge on any atom is -0.299 e. The van der Waals surface area contributed by atoms with Crippen molar-refractivity contribution in [1.82, 2.24) is 18.8 Å². The van der Waals surface area contributed by atoms with Gasteiger partial charge in [0.05, 0.1) is 6.26 Å². The van der Waals surface area contributed by atoms with Crippen molar-refractivity contribution >= 4 is 10.0 Å². The summed E-state index contributed by atoms with van der Waals surface area (Å²) in [5.74, 6) is 0. The van der Waals surface area contributed by atoms with Gasteiger partial charge in [0.25, 0.3) is 5.56 Å². The van der Waals surface area contributed by atoms with E-state index in [1.807, 2.05) is 0 Å². The molecule has 1 aromatic heterocycles. The van der Waals surface area contributed by atoms with Gasteiger partial charge >= 0.3 is 5.69 Å². The lowest BCUT2D eigenvalue weighted by Gasteiger charge is -2.36. The molecular formula is C14H24N4O4S. The molecule has 0 aromatic carbocycles. The normalized spacial score (nSPS) is 19.9. The Balaban J connectivity index is 2.19. The largest absolute Gasteiger partial charge is 0.330 e. The molecule has 1 aliphatic heterocycles. The van der Waals surface area contributed by atoms with Gasteiger partial charge in [0, 0.05) is 45.0 Å². The van der Waals surface area contributed by atoms with Crippen LogP contribution in [0.4, 0.5) is 0 Å². The van der Waals surface area contributed by atoms with E-state index in [-0.39, 0.29) is 17.3 Å². The molecule has 1 N–H and O–H groups in total. The highest BCUT2D eigenvalue weighted by Crippen LogP contribution is 2.18. The second kappa shape index (κ2) is 6.98. The monoisotopic (exact) mass is 344 g/mol. The van der Waals surface area contributed by atoms with Gasteiger partial charge in [-0.25, -0.2) is 17.9 Å². The summed E-state index contributed by atoms with van der Waals surface area (Å²) in [6.07, 6.45) is 4.10. The first-order valence-corrected chi connectivity index (χ1v) is 9.53. The molecule has 1 aromatic rings. The zero-order chi connectivity index (χ0) is 17.2. The summed E-state index contributed by atoms with van der Waals surface area (Å²) in [5, 5.41) is 0. The molecule has 1 aliphatic rings. The van der Waals surface area contributed by atoms with Crippen molar-refractivity contribution in [3.05, 3.63) is 32.6 Å². The second-order valence-electron chi connectivity index (χ2n) is 6.12. The average Bonchev–Trinajstić information content (AvgIpc) is 2.49. The van der Waals surface area contributed by atoms with Crippen molar-refractivity contribution in [2.75, 3.05) is 19.3 Å². The van der Waals surface area contributed by atoms with Crippen molar-refractivity contribution in [3.8, 4) is 0 Å². The molecule has 9 heteroatoms. The number of piperidine rings is 1. The predicted molar refractivity (Wildman–Crippen MR) is 87.8 cm³/mol. The summed E-state index contributed by atoms with van der Waals surface area (Å²) in [5.41, 5.74) is -0.0365. The van der Waals surface area contributed by atoms with Gasteiger partial charge in [-0.2, -0.15) is 0 Å². The van der Waals surface area contributed by atoms with Gasteiger partial charge in [0.2, 0.25) is 10.0 Å². The van der Waals surface area contributed by atoms with Gasteiger partial charge in [0.1, 0.15) is 0 Å². The highest BCUT2D eigenvalue weighted by Gasteiger charge is 2.24. The standard InChI is InChI=1S/C14H24N4O4S/c1-16-12(8-13(19)17(2)14(16)20)10-18-7-5-4-6-11(18)9-15-23(3,21)22/h8,11,15H,4-7,9-10H2,1-3H3. The SMILES string of the molecule is Cn1c(CN2CCCCC2CNS(C)(=O)=O)cc(=O)n(C)c1=O. The average molecular weight is 344 g/mol. The third kappa shape index (κ3) is 4.52. The molecule has 130 valence electrons. The summed E-state index contributed by atoms with van der Waals surface area (Å²) < 4.78 is 27.7. The fraction of sp³-hybridized carbons (Fsp3) is 0.714. The number of sulfonamides is 1. The van der Waals surface area contributed by atoms with E-state index in [1.165, 1.54) is 17.7 Å². The number of hydrogen-bond acceptors (Lipinski definition) is 5. The Morgan fingerprint density at radius 1 is 1.22 bits per heavy atom. The van der Waals surface area contributed by atoms with Crippen LogP contribution in [-0.4, -0.2) is 47.8 Å². The van der Waals surface area contributed by atoms with Gasteiger partial charge in [-0.1, -0.05) is 6.42 Å².